The van der Waals surface area contributed by atoms with Crippen molar-refractivity contribution in [2.75, 3.05) is 13.2 Å². The molecule has 3 heterocycles. The zero-order chi connectivity index (χ0) is 21.5. The van der Waals surface area contributed by atoms with E-state index in [1.54, 1.807) is 4.90 Å². The average Bonchev–Trinajstić information content (AvgIpc) is 3.28. The first-order chi connectivity index (χ1) is 15.1. The van der Waals surface area contributed by atoms with E-state index in [0.717, 1.165) is 34.1 Å². The van der Waals surface area contributed by atoms with Gasteiger partial charge in [0.1, 0.15) is 6.04 Å². The van der Waals surface area contributed by atoms with Gasteiger partial charge in [0.05, 0.1) is 12.1 Å². The van der Waals surface area contributed by atoms with E-state index in [-0.39, 0.29) is 24.0 Å². The number of fused-ring (bicyclic) bond motifs is 7. The van der Waals surface area contributed by atoms with E-state index in [1.807, 2.05) is 56.3 Å². The second-order valence-electron chi connectivity index (χ2n) is 8.55. The number of hydrogen-bond donors (Lipinski definition) is 2. The molecule has 6 nitrogen and oxygen atoms in total. The molecule has 1 aromatic heterocycles. The van der Waals surface area contributed by atoms with Crippen LogP contribution in [0.3, 0.4) is 0 Å². The summed E-state index contributed by atoms with van der Waals surface area (Å²) in [4.78, 5) is 31.9. The lowest BCUT2D eigenvalue weighted by atomic mass is 9.90. The lowest BCUT2D eigenvalue weighted by molar-refractivity contribution is -0.126. The molecule has 5 rings (SSSR count). The van der Waals surface area contributed by atoms with Gasteiger partial charge in [-0.05, 0) is 43.5 Å². The number of carbonyl (C=O) groups is 2. The molecule has 160 valence electrons. The molecule has 0 unspecified atom stereocenters. The number of nitrogens with one attached hydrogen (secondary N) is 2. The van der Waals surface area contributed by atoms with Crippen LogP contribution in [0, 0.1) is 0 Å². The highest BCUT2D eigenvalue weighted by atomic mass is 16.5. The monoisotopic (exact) mass is 417 g/mol. The molecular weight excluding hydrogens is 390 g/mol. The Morgan fingerprint density at radius 1 is 1.19 bits per heavy atom. The number of para-hydroxylation sites is 1. The summed E-state index contributed by atoms with van der Waals surface area (Å²) in [5, 5.41) is 4.16. The van der Waals surface area contributed by atoms with E-state index >= 15 is 0 Å². The van der Waals surface area contributed by atoms with Crippen molar-refractivity contribution in [1.29, 1.82) is 0 Å². The van der Waals surface area contributed by atoms with Gasteiger partial charge in [-0.25, -0.2) is 0 Å². The van der Waals surface area contributed by atoms with Gasteiger partial charge in [0, 0.05) is 41.7 Å². The molecule has 0 bridgehead atoms. The minimum absolute atomic E-state index is 0.0757. The standard InChI is InChI=1S/C25H27N3O3/c1-15(2)31-13-7-12-26-24(29)21-14-19-16-8-5-6-11-20(16)27-22(19)23-17-9-3-4-10-18(17)25(30)28(21)23/h3-6,8-11,15,21,23,27H,7,12-14H2,1-2H3,(H,26,29)/t21-,23+/m0/s1. The number of benzene rings is 2. The van der Waals surface area contributed by atoms with Crippen molar-refractivity contribution in [2.45, 2.75) is 44.9 Å². The second kappa shape index (κ2) is 7.85. The molecule has 2 aliphatic heterocycles. The van der Waals surface area contributed by atoms with Gasteiger partial charge < -0.3 is 19.9 Å². The summed E-state index contributed by atoms with van der Waals surface area (Å²) in [6.07, 6.45) is 1.42. The van der Waals surface area contributed by atoms with Gasteiger partial charge in [0.25, 0.3) is 5.91 Å². The predicted molar refractivity (Wildman–Crippen MR) is 119 cm³/mol. The van der Waals surface area contributed by atoms with E-state index in [2.05, 4.69) is 16.4 Å². The number of aromatic nitrogens is 1. The fraction of sp³-hybridized carbons (Fsp3) is 0.360. The zero-order valence-electron chi connectivity index (χ0n) is 17.9. The van der Waals surface area contributed by atoms with Crippen LogP contribution in [0.5, 0.6) is 0 Å². The topological polar surface area (TPSA) is 74.4 Å². The Labute approximate surface area is 181 Å². The molecule has 31 heavy (non-hydrogen) atoms. The van der Waals surface area contributed by atoms with E-state index in [9.17, 15) is 9.59 Å². The van der Waals surface area contributed by atoms with Crippen molar-refractivity contribution < 1.29 is 14.3 Å². The molecule has 0 saturated carbocycles. The lowest BCUT2D eigenvalue weighted by Gasteiger charge is -2.37. The van der Waals surface area contributed by atoms with Crippen LogP contribution >= 0.6 is 0 Å². The number of nitrogens with zero attached hydrogens (tertiary/aromatic N) is 1. The number of rotatable bonds is 6. The minimum Gasteiger partial charge on any atom is -0.379 e. The van der Waals surface area contributed by atoms with Crippen LogP contribution in [-0.2, 0) is 16.0 Å². The molecule has 0 spiro atoms. The summed E-state index contributed by atoms with van der Waals surface area (Å²) in [6.45, 7) is 5.13. The summed E-state index contributed by atoms with van der Waals surface area (Å²) >= 11 is 0. The van der Waals surface area contributed by atoms with Crippen LogP contribution in [0.15, 0.2) is 48.5 Å². The quantitative estimate of drug-likeness (QED) is 0.602. The lowest BCUT2D eigenvalue weighted by Crippen LogP contribution is -2.52. The fourth-order valence-corrected chi connectivity index (χ4v) is 4.86. The third kappa shape index (κ3) is 3.31. The zero-order valence-corrected chi connectivity index (χ0v) is 17.9. The molecule has 2 aromatic carbocycles. The number of H-pyrrole nitrogens is 1. The number of amides is 2. The summed E-state index contributed by atoms with van der Waals surface area (Å²) < 4.78 is 5.56. The molecule has 2 atom stereocenters. The average molecular weight is 418 g/mol. The summed E-state index contributed by atoms with van der Waals surface area (Å²) in [6, 6.07) is 15.0. The van der Waals surface area contributed by atoms with Gasteiger partial charge in [0.15, 0.2) is 0 Å². The van der Waals surface area contributed by atoms with Gasteiger partial charge in [-0.1, -0.05) is 36.4 Å². The normalized spacial score (nSPS) is 19.5. The van der Waals surface area contributed by atoms with Gasteiger partial charge in [-0.15, -0.1) is 0 Å². The van der Waals surface area contributed by atoms with Crippen molar-refractivity contribution in [3.63, 3.8) is 0 Å². The Morgan fingerprint density at radius 2 is 1.97 bits per heavy atom. The maximum Gasteiger partial charge on any atom is 0.255 e. The van der Waals surface area contributed by atoms with Gasteiger partial charge in [-0.2, -0.15) is 0 Å². The highest BCUT2D eigenvalue weighted by Gasteiger charge is 2.48. The van der Waals surface area contributed by atoms with Gasteiger partial charge in [0.2, 0.25) is 5.91 Å². The second-order valence-corrected chi connectivity index (χ2v) is 8.55. The molecule has 0 fully saturated rings. The van der Waals surface area contributed by atoms with Crippen LogP contribution in [0.1, 0.15) is 53.5 Å². The van der Waals surface area contributed by atoms with Crippen molar-refractivity contribution in [3.8, 4) is 0 Å². The predicted octanol–water partition coefficient (Wildman–Crippen LogP) is 3.57. The highest BCUT2D eigenvalue weighted by molar-refractivity contribution is 6.03. The Hall–Kier alpha value is -3.12. The Morgan fingerprint density at radius 3 is 2.81 bits per heavy atom. The third-order valence-electron chi connectivity index (χ3n) is 6.23. The van der Waals surface area contributed by atoms with Crippen LogP contribution < -0.4 is 5.32 Å². The molecule has 2 N–H and O–H groups in total. The minimum atomic E-state index is -0.539. The Kier molecular flexibility index (Phi) is 5.02. The first-order valence-electron chi connectivity index (χ1n) is 11.0. The molecule has 0 aliphatic carbocycles. The van der Waals surface area contributed by atoms with Crippen molar-refractivity contribution in [3.05, 3.63) is 70.9 Å². The van der Waals surface area contributed by atoms with E-state index in [4.69, 9.17) is 4.74 Å². The number of ether oxygens (including phenoxy) is 1. The Bertz CT molecular complexity index is 1150. The van der Waals surface area contributed by atoms with Crippen LogP contribution in [0.4, 0.5) is 0 Å². The highest BCUT2D eigenvalue weighted by Crippen LogP contribution is 2.46. The number of carbonyl (C=O) groups excluding carboxylic acids is 2. The SMILES string of the molecule is CC(C)OCCCNC(=O)[C@@H]1Cc2c([nH]c3ccccc23)[C@H]2c3ccccc3C(=O)N21. The van der Waals surface area contributed by atoms with Crippen LogP contribution in [0.2, 0.25) is 0 Å². The molecule has 3 aromatic rings. The van der Waals surface area contributed by atoms with Gasteiger partial charge in [-0.3, -0.25) is 9.59 Å². The fourth-order valence-electron chi connectivity index (χ4n) is 4.86. The summed E-state index contributed by atoms with van der Waals surface area (Å²) in [7, 11) is 0. The number of aromatic amines is 1. The first-order valence-corrected chi connectivity index (χ1v) is 11.0. The molecule has 0 radical (unpaired) electrons. The van der Waals surface area contributed by atoms with Crippen LogP contribution in [0.25, 0.3) is 10.9 Å². The van der Waals surface area contributed by atoms with E-state index < -0.39 is 6.04 Å². The molecule has 2 aliphatic rings. The van der Waals surface area contributed by atoms with Crippen molar-refractivity contribution >= 4 is 22.7 Å². The van der Waals surface area contributed by atoms with E-state index in [0.29, 0.717) is 25.1 Å². The summed E-state index contributed by atoms with van der Waals surface area (Å²) in [5.41, 5.74) is 4.83. The number of hydrogen-bond acceptors (Lipinski definition) is 3. The third-order valence-corrected chi connectivity index (χ3v) is 6.23. The Balaban J connectivity index is 1.48. The van der Waals surface area contributed by atoms with Crippen LogP contribution in [-0.4, -0.2) is 47.0 Å². The van der Waals surface area contributed by atoms with Gasteiger partial charge >= 0.3 is 0 Å². The largest absolute Gasteiger partial charge is 0.379 e. The van der Waals surface area contributed by atoms with Crippen molar-refractivity contribution in [1.82, 2.24) is 15.2 Å². The van der Waals surface area contributed by atoms with Crippen molar-refractivity contribution in [2.24, 2.45) is 0 Å². The molecular formula is C25H27N3O3. The first kappa shape index (κ1) is 19.8. The smallest absolute Gasteiger partial charge is 0.255 e. The molecule has 6 heteroatoms. The molecule has 0 saturated heterocycles. The maximum absolute atomic E-state index is 13.3. The van der Waals surface area contributed by atoms with E-state index in [1.165, 1.54) is 0 Å². The summed E-state index contributed by atoms with van der Waals surface area (Å²) in [5.74, 6) is -0.181. The maximum atomic E-state index is 13.3. The molecule has 2 amide bonds.